The number of hydrogen-bond acceptors (Lipinski definition) is 3. The molecule has 0 atom stereocenters. The van der Waals surface area contributed by atoms with Gasteiger partial charge in [0.1, 0.15) is 0 Å². The van der Waals surface area contributed by atoms with E-state index in [4.69, 9.17) is 23.2 Å². The highest BCUT2D eigenvalue weighted by Gasteiger charge is 2.22. The summed E-state index contributed by atoms with van der Waals surface area (Å²) in [5.74, 6) is 0.0169. The molecule has 20 heavy (non-hydrogen) atoms. The van der Waals surface area contributed by atoms with Gasteiger partial charge in [0, 0.05) is 24.6 Å². The Balaban J connectivity index is 0.00000361. The summed E-state index contributed by atoms with van der Waals surface area (Å²) in [5.41, 5.74) is 0.614. The fourth-order valence-electron chi connectivity index (χ4n) is 1.99. The van der Waals surface area contributed by atoms with Crippen molar-refractivity contribution in [1.29, 1.82) is 0 Å². The van der Waals surface area contributed by atoms with Crippen molar-refractivity contribution >= 4 is 46.0 Å². The summed E-state index contributed by atoms with van der Waals surface area (Å²) in [7, 11) is 7.85. The topological polar surface area (TPSA) is 23.6 Å². The van der Waals surface area contributed by atoms with Crippen LogP contribution in [0.4, 0.5) is 0 Å². The lowest BCUT2D eigenvalue weighted by molar-refractivity contribution is 0.0871. The molecule has 0 fully saturated rings. The van der Waals surface area contributed by atoms with Gasteiger partial charge in [-0.05, 0) is 46.4 Å². The molecule has 0 unspecified atom stereocenters. The number of hydrogen-bond donors (Lipinski definition) is 0. The third-order valence-electron chi connectivity index (χ3n) is 2.75. The second-order valence-corrected chi connectivity index (χ2v) is 6.03. The lowest BCUT2D eigenvalue weighted by Crippen LogP contribution is -2.35. The lowest BCUT2D eigenvalue weighted by Gasteiger charge is -2.23. The van der Waals surface area contributed by atoms with Gasteiger partial charge < -0.3 is 9.80 Å². The maximum atomic E-state index is 12.5. The summed E-state index contributed by atoms with van der Waals surface area (Å²) < 4.78 is 0. The zero-order valence-electron chi connectivity index (χ0n) is 12.2. The third kappa shape index (κ3) is 6.10. The van der Waals surface area contributed by atoms with E-state index in [0.29, 0.717) is 28.7 Å². The molecule has 0 aliphatic carbocycles. The summed E-state index contributed by atoms with van der Waals surface area (Å²) in [6, 6.07) is 5.04. The number of carbonyl (C=O) groups excluding carboxylic acids is 1. The van der Waals surface area contributed by atoms with Gasteiger partial charge in [-0.2, -0.15) is 0 Å². The van der Waals surface area contributed by atoms with Gasteiger partial charge in [-0.1, -0.05) is 23.2 Å². The zero-order chi connectivity index (χ0) is 14.6. The molecule has 0 N–H and O–H groups in total. The molecule has 0 spiro atoms. The van der Waals surface area contributed by atoms with E-state index in [0.717, 1.165) is 0 Å². The van der Waals surface area contributed by atoms with E-state index < -0.39 is 0 Å². The monoisotopic (exact) mass is 382 g/mol. The summed E-state index contributed by atoms with van der Waals surface area (Å²) in [6.07, 6.45) is 0. The van der Waals surface area contributed by atoms with Crippen LogP contribution in [0.5, 0.6) is 0 Å². The van der Waals surface area contributed by atoms with Gasteiger partial charge >= 0.3 is 0 Å². The van der Waals surface area contributed by atoms with E-state index in [1.165, 1.54) is 0 Å². The molecular formula is C14H21BrCl2N2O. The molecule has 1 aromatic carbocycles. The van der Waals surface area contributed by atoms with Crippen molar-refractivity contribution in [3.8, 4) is 0 Å². The molecule has 0 amide bonds. The molecule has 0 saturated heterocycles. The van der Waals surface area contributed by atoms with E-state index in [9.17, 15) is 4.79 Å². The molecule has 0 bridgehead atoms. The number of nitrogens with zero attached hydrogens (tertiary/aromatic N) is 2. The molecule has 3 nitrogen and oxygen atoms in total. The van der Waals surface area contributed by atoms with Gasteiger partial charge in [0.25, 0.3) is 0 Å². The van der Waals surface area contributed by atoms with Crippen molar-refractivity contribution in [1.82, 2.24) is 9.80 Å². The molecule has 1 aromatic rings. The predicted molar refractivity (Wildman–Crippen MR) is 91.7 cm³/mol. The van der Waals surface area contributed by atoms with E-state index in [1.54, 1.807) is 18.2 Å². The second kappa shape index (κ2) is 9.00. The molecule has 0 aromatic heterocycles. The average Bonchev–Trinajstić information content (AvgIpc) is 2.29. The fourth-order valence-corrected chi connectivity index (χ4v) is 2.29. The Labute approximate surface area is 141 Å². The van der Waals surface area contributed by atoms with Gasteiger partial charge in [0.05, 0.1) is 10.0 Å². The standard InChI is InChI=1S/C14H20Cl2N2O.BrH/c1-17(2)8-11(9-18(3)4)14(19)10-5-6-12(15)13(16)7-10;/h5-7,11H,8-9H2,1-4H3;1H. The number of rotatable bonds is 6. The summed E-state index contributed by atoms with van der Waals surface area (Å²) in [5, 5.41) is 0.885. The first-order valence-electron chi connectivity index (χ1n) is 6.10. The van der Waals surface area contributed by atoms with Gasteiger partial charge in [-0.15, -0.1) is 17.0 Å². The Kier molecular flexibility index (Phi) is 8.95. The molecule has 6 heteroatoms. The first kappa shape index (κ1) is 19.9. The van der Waals surface area contributed by atoms with Crippen LogP contribution in [-0.2, 0) is 0 Å². The summed E-state index contributed by atoms with van der Waals surface area (Å²) in [6.45, 7) is 1.41. The first-order valence-corrected chi connectivity index (χ1v) is 6.85. The van der Waals surface area contributed by atoms with Crippen molar-refractivity contribution in [2.45, 2.75) is 0 Å². The van der Waals surface area contributed by atoms with Crippen LogP contribution in [0.25, 0.3) is 0 Å². The third-order valence-corrected chi connectivity index (χ3v) is 3.49. The Morgan fingerprint density at radius 3 is 1.95 bits per heavy atom. The normalized spacial score (nSPS) is 11.1. The van der Waals surface area contributed by atoms with Crippen LogP contribution in [-0.4, -0.2) is 56.9 Å². The maximum absolute atomic E-state index is 12.5. The zero-order valence-corrected chi connectivity index (χ0v) is 15.4. The quantitative estimate of drug-likeness (QED) is 0.702. The second-order valence-electron chi connectivity index (χ2n) is 5.21. The summed E-state index contributed by atoms with van der Waals surface area (Å²) >= 11 is 11.8. The van der Waals surface area contributed by atoms with E-state index in [2.05, 4.69) is 0 Å². The van der Waals surface area contributed by atoms with Crippen molar-refractivity contribution < 1.29 is 4.79 Å². The van der Waals surface area contributed by atoms with Gasteiger partial charge in [0.2, 0.25) is 0 Å². The largest absolute Gasteiger partial charge is 0.309 e. The number of benzene rings is 1. The first-order chi connectivity index (χ1) is 8.81. The lowest BCUT2D eigenvalue weighted by atomic mass is 9.96. The number of carbonyl (C=O) groups is 1. The molecule has 0 saturated carbocycles. The van der Waals surface area contributed by atoms with Gasteiger partial charge in [-0.25, -0.2) is 0 Å². The smallest absolute Gasteiger partial charge is 0.168 e. The van der Waals surface area contributed by atoms with Crippen LogP contribution in [0.2, 0.25) is 10.0 Å². The molecule has 1 rings (SSSR count). The Bertz CT molecular complexity index is 443. The molecule has 0 heterocycles. The van der Waals surface area contributed by atoms with E-state index >= 15 is 0 Å². The highest BCUT2D eigenvalue weighted by atomic mass is 79.9. The van der Waals surface area contributed by atoms with Crippen molar-refractivity contribution in [3.63, 3.8) is 0 Å². The maximum Gasteiger partial charge on any atom is 0.168 e. The number of ketones is 1. The van der Waals surface area contributed by atoms with Crippen molar-refractivity contribution in [3.05, 3.63) is 33.8 Å². The number of Topliss-reactive ketones (excluding diaryl/α,β-unsaturated/α-hetero) is 1. The van der Waals surface area contributed by atoms with Gasteiger partial charge in [0.15, 0.2) is 5.78 Å². The van der Waals surface area contributed by atoms with Crippen LogP contribution < -0.4 is 0 Å². The van der Waals surface area contributed by atoms with E-state index in [1.807, 2.05) is 38.0 Å². The van der Waals surface area contributed by atoms with Crippen LogP contribution >= 0.6 is 40.2 Å². The Morgan fingerprint density at radius 1 is 1.05 bits per heavy atom. The minimum atomic E-state index is -0.0813. The predicted octanol–water partition coefficient (Wildman–Crippen LogP) is 3.49. The van der Waals surface area contributed by atoms with Crippen molar-refractivity contribution in [2.75, 3.05) is 41.3 Å². The van der Waals surface area contributed by atoms with E-state index in [-0.39, 0.29) is 28.7 Å². The highest BCUT2D eigenvalue weighted by Crippen LogP contribution is 2.24. The molecule has 114 valence electrons. The molecular weight excluding hydrogens is 363 g/mol. The molecule has 0 aliphatic rings. The summed E-state index contributed by atoms with van der Waals surface area (Å²) in [4.78, 5) is 16.6. The van der Waals surface area contributed by atoms with Gasteiger partial charge in [-0.3, -0.25) is 4.79 Å². The fraction of sp³-hybridized carbons (Fsp3) is 0.500. The van der Waals surface area contributed by atoms with Crippen LogP contribution in [0.3, 0.4) is 0 Å². The van der Waals surface area contributed by atoms with Crippen LogP contribution in [0.1, 0.15) is 10.4 Å². The van der Waals surface area contributed by atoms with Crippen LogP contribution in [0, 0.1) is 5.92 Å². The number of halogens is 3. The highest BCUT2D eigenvalue weighted by molar-refractivity contribution is 8.93. The Hall–Kier alpha value is -0.130. The molecule has 0 radical (unpaired) electrons. The minimum Gasteiger partial charge on any atom is -0.309 e. The Morgan fingerprint density at radius 2 is 1.55 bits per heavy atom. The van der Waals surface area contributed by atoms with Crippen LogP contribution in [0.15, 0.2) is 18.2 Å². The van der Waals surface area contributed by atoms with Crippen molar-refractivity contribution in [2.24, 2.45) is 5.92 Å². The molecule has 0 aliphatic heterocycles. The minimum absolute atomic E-state index is 0. The SMILES string of the molecule is Br.CN(C)CC(CN(C)C)C(=O)c1ccc(Cl)c(Cl)c1. The average molecular weight is 384 g/mol.